The average Bonchev–Trinajstić information content (AvgIpc) is 3.21. The minimum absolute atomic E-state index is 0.0692. The highest BCUT2D eigenvalue weighted by Gasteiger charge is 2.41. The highest BCUT2D eigenvalue weighted by Crippen LogP contribution is 2.40. The van der Waals surface area contributed by atoms with Gasteiger partial charge in [0, 0.05) is 6.54 Å². The summed E-state index contributed by atoms with van der Waals surface area (Å²) < 4.78 is 52.4. The monoisotopic (exact) mass is 433 g/mol. The first-order valence-corrected chi connectivity index (χ1v) is 10.0. The van der Waals surface area contributed by atoms with Crippen molar-refractivity contribution in [2.24, 2.45) is 0 Å². The standard InChI is InChI=1S/C23H22F3NO4/c1-13-5-6-14(2)18(11-13)30-21-19(29)15-7-8-17(28)16(12-27-9-3-4-10-27)20(15)31-22(21)23(24,25)26/h5-8,11,28H,3-4,9-10,12H2,1-2H3. The summed E-state index contributed by atoms with van der Waals surface area (Å²) in [6.07, 6.45) is -3.02. The van der Waals surface area contributed by atoms with Gasteiger partial charge in [-0.3, -0.25) is 9.69 Å². The molecule has 8 heteroatoms. The van der Waals surface area contributed by atoms with Gasteiger partial charge >= 0.3 is 6.18 Å². The zero-order valence-corrected chi connectivity index (χ0v) is 17.2. The lowest BCUT2D eigenvalue weighted by Gasteiger charge is -2.19. The van der Waals surface area contributed by atoms with Crippen LogP contribution in [0, 0.1) is 13.8 Å². The van der Waals surface area contributed by atoms with Crippen molar-refractivity contribution in [3.8, 4) is 17.2 Å². The lowest BCUT2D eigenvalue weighted by Crippen LogP contribution is -2.20. The normalized spacial score (nSPS) is 15.0. The smallest absolute Gasteiger partial charge is 0.453 e. The van der Waals surface area contributed by atoms with Gasteiger partial charge in [0.2, 0.25) is 11.2 Å². The van der Waals surface area contributed by atoms with E-state index in [1.807, 2.05) is 4.90 Å². The van der Waals surface area contributed by atoms with Crippen molar-refractivity contribution < 1.29 is 27.4 Å². The fraction of sp³-hybridized carbons (Fsp3) is 0.348. The van der Waals surface area contributed by atoms with Crippen molar-refractivity contribution in [3.05, 3.63) is 63.0 Å². The Morgan fingerprint density at radius 2 is 1.84 bits per heavy atom. The maximum absolute atomic E-state index is 13.9. The van der Waals surface area contributed by atoms with Gasteiger partial charge in [0.1, 0.15) is 17.1 Å². The summed E-state index contributed by atoms with van der Waals surface area (Å²) in [5, 5.41) is 10.3. The third kappa shape index (κ3) is 4.12. The number of ether oxygens (including phenoxy) is 1. The topological polar surface area (TPSA) is 62.9 Å². The molecule has 2 aromatic carbocycles. The molecular weight excluding hydrogens is 411 g/mol. The molecule has 1 aliphatic rings. The number of phenolic OH excluding ortho intramolecular Hbond substituents is 1. The Hall–Kier alpha value is -3.00. The van der Waals surface area contributed by atoms with Crippen LogP contribution in [0.2, 0.25) is 0 Å². The molecule has 164 valence electrons. The Morgan fingerprint density at radius 1 is 1.13 bits per heavy atom. The van der Waals surface area contributed by atoms with Gasteiger partial charge in [0.05, 0.1) is 10.9 Å². The van der Waals surface area contributed by atoms with E-state index in [0.29, 0.717) is 5.56 Å². The van der Waals surface area contributed by atoms with E-state index >= 15 is 0 Å². The molecule has 2 heterocycles. The van der Waals surface area contributed by atoms with E-state index in [0.717, 1.165) is 31.5 Å². The van der Waals surface area contributed by atoms with Gasteiger partial charge in [-0.25, -0.2) is 0 Å². The van der Waals surface area contributed by atoms with Crippen LogP contribution in [0.1, 0.15) is 35.3 Å². The van der Waals surface area contributed by atoms with E-state index < -0.39 is 23.1 Å². The molecule has 0 unspecified atom stereocenters. The van der Waals surface area contributed by atoms with Crippen LogP contribution in [0.4, 0.5) is 13.2 Å². The number of aromatic hydroxyl groups is 1. The summed E-state index contributed by atoms with van der Waals surface area (Å²) in [5.41, 5.74) is 0.325. The molecule has 1 fully saturated rings. The summed E-state index contributed by atoms with van der Waals surface area (Å²) >= 11 is 0. The fourth-order valence-electron chi connectivity index (χ4n) is 3.81. The van der Waals surface area contributed by atoms with Gasteiger partial charge in [0.15, 0.2) is 0 Å². The number of benzene rings is 2. The number of nitrogens with zero attached hydrogens (tertiary/aromatic N) is 1. The number of rotatable bonds is 4. The molecule has 0 spiro atoms. The molecule has 5 nitrogen and oxygen atoms in total. The van der Waals surface area contributed by atoms with Crippen LogP contribution in [0.15, 0.2) is 39.5 Å². The molecule has 1 N–H and O–H groups in total. The lowest BCUT2D eigenvalue weighted by molar-refractivity contribution is -0.154. The third-order valence-corrected chi connectivity index (χ3v) is 5.49. The first-order chi connectivity index (χ1) is 14.6. The van der Waals surface area contributed by atoms with E-state index in [4.69, 9.17) is 9.15 Å². The third-order valence-electron chi connectivity index (χ3n) is 5.49. The molecule has 3 aromatic rings. The summed E-state index contributed by atoms with van der Waals surface area (Å²) in [4.78, 5) is 15.1. The molecule has 0 atom stereocenters. The molecule has 4 rings (SSSR count). The zero-order valence-electron chi connectivity index (χ0n) is 17.2. The van der Waals surface area contributed by atoms with Crippen molar-refractivity contribution in [2.75, 3.05) is 13.1 Å². The number of hydrogen-bond donors (Lipinski definition) is 1. The number of alkyl halides is 3. The maximum Gasteiger partial charge on any atom is 0.453 e. The molecule has 0 saturated carbocycles. The molecule has 31 heavy (non-hydrogen) atoms. The molecule has 1 saturated heterocycles. The molecule has 0 aliphatic carbocycles. The maximum atomic E-state index is 13.9. The second-order valence-corrected chi connectivity index (χ2v) is 7.88. The van der Waals surface area contributed by atoms with Crippen LogP contribution in [0.25, 0.3) is 11.0 Å². The quantitative estimate of drug-likeness (QED) is 0.587. The number of likely N-dealkylation sites (tertiary alicyclic amines) is 1. The van der Waals surface area contributed by atoms with Crippen molar-refractivity contribution in [2.45, 2.75) is 39.4 Å². The number of hydrogen-bond acceptors (Lipinski definition) is 5. The number of aryl methyl sites for hydroxylation is 2. The Bertz CT molecular complexity index is 1190. The first-order valence-electron chi connectivity index (χ1n) is 10.0. The van der Waals surface area contributed by atoms with Crippen LogP contribution in [-0.4, -0.2) is 23.1 Å². The van der Waals surface area contributed by atoms with Crippen molar-refractivity contribution in [1.29, 1.82) is 0 Å². The molecular formula is C23H22F3NO4. The number of phenols is 1. The summed E-state index contributed by atoms with van der Waals surface area (Å²) in [6, 6.07) is 7.63. The van der Waals surface area contributed by atoms with Gasteiger partial charge in [-0.2, -0.15) is 13.2 Å². The highest BCUT2D eigenvalue weighted by atomic mass is 19.4. The zero-order chi connectivity index (χ0) is 22.3. The molecule has 0 radical (unpaired) electrons. The predicted molar refractivity (Wildman–Crippen MR) is 110 cm³/mol. The van der Waals surface area contributed by atoms with E-state index in [2.05, 4.69) is 0 Å². The van der Waals surface area contributed by atoms with Crippen LogP contribution in [0.5, 0.6) is 17.2 Å². The van der Waals surface area contributed by atoms with Crippen molar-refractivity contribution in [3.63, 3.8) is 0 Å². The highest BCUT2D eigenvalue weighted by molar-refractivity contribution is 5.83. The Labute approximate surface area is 176 Å². The van der Waals surface area contributed by atoms with E-state index in [1.165, 1.54) is 12.1 Å². The van der Waals surface area contributed by atoms with Crippen LogP contribution < -0.4 is 10.2 Å². The van der Waals surface area contributed by atoms with Crippen LogP contribution in [-0.2, 0) is 12.7 Å². The van der Waals surface area contributed by atoms with Gasteiger partial charge in [-0.1, -0.05) is 12.1 Å². The SMILES string of the molecule is Cc1ccc(C)c(Oc2c(C(F)(F)F)oc3c(CN4CCCC4)c(O)ccc3c2=O)c1. The predicted octanol–water partition coefficient (Wildman–Crippen LogP) is 5.52. The van der Waals surface area contributed by atoms with E-state index in [9.17, 15) is 23.1 Å². The number of fused-ring (bicyclic) bond motifs is 1. The molecule has 1 aliphatic heterocycles. The summed E-state index contributed by atoms with van der Waals surface area (Å²) in [7, 11) is 0. The van der Waals surface area contributed by atoms with Gasteiger partial charge < -0.3 is 14.3 Å². The van der Waals surface area contributed by atoms with Gasteiger partial charge in [-0.15, -0.1) is 0 Å². The molecule has 1 aromatic heterocycles. The Morgan fingerprint density at radius 3 is 2.52 bits per heavy atom. The van der Waals surface area contributed by atoms with Crippen LogP contribution in [0.3, 0.4) is 0 Å². The molecule has 0 bridgehead atoms. The van der Waals surface area contributed by atoms with Crippen molar-refractivity contribution >= 4 is 11.0 Å². The van der Waals surface area contributed by atoms with Crippen molar-refractivity contribution in [1.82, 2.24) is 4.90 Å². The molecule has 0 amide bonds. The number of halogens is 3. The summed E-state index contributed by atoms with van der Waals surface area (Å²) in [6.45, 7) is 5.17. The average molecular weight is 433 g/mol. The van der Waals surface area contributed by atoms with Crippen LogP contribution >= 0.6 is 0 Å². The summed E-state index contributed by atoms with van der Waals surface area (Å²) in [5.74, 6) is -2.49. The van der Waals surface area contributed by atoms with Gasteiger partial charge in [0.25, 0.3) is 5.76 Å². The Kier molecular flexibility index (Phi) is 5.43. The fourth-order valence-corrected chi connectivity index (χ4v) is 3.81. The van der Waals surface area contributed by atoms with Gasteiger partial charge in [-0.05, 0) is 69.1 Å². The van der Waals surface area contributed by atoms with E-state index in [-0.39, 0.29) is 34.6 Å². The second-order valence-electron chi connectivity index (χ2n) is 7.88. The second kappa shape index (κ2) is 7.92. The lowest BCUT2D eigenvalue weighted by atomic mass is 10.1. The largest absolute Gasteiger partial charge is 0.507 e. The minimum Gasteiger partial charge on any atom is -0.507 e. The van der Waals surface area contributed by atoms with E-state index in [1.54, 1.807) is 32.0 Å². The first kappa shape index (κ1) is 21.2. The Balaban J connectivity index is 1.92. The minimum atomic E-state index is -4.96.